The van der Waals surface area contributed by atoms with Gasteiger partial charge in [0.15, 0.2) is 0 Å². The Labute approximate surface area is 87.6 Å². The summed E-state index contributed by atoms with van der Waals surface area (Å²) < 4.78 is 5.11. The van der Waals surface area contributed by atoms with Crippen LogP contribution in [0.15, 0.2) is 0 Å². The minimum atomic E-state index is 0.585. The topological polar surface area (TPSA) is 38.5 Å². The van der Waals surface area contributed by atoms with Crippen molar-refractivity contribution in [3.8, 4) is 0 Å². The molecule has 1 rings (SSSR count). The van der Waals surface area contributed by atoms with E-state index in [9.17, 15) is 0 Å². The van der Waals surface area contributed by atoms with E-state index in [1.807, 2.05) is 0 Å². The van der Waals surface area contributed by atoms with E-state index in [1.165, 1.54) is 13.0 Å². The maximum atomic E-state index is 5.81. The second kappa shape index (κ2) is 5.69. The molecule has 2 N–H and O–H groups in total. The first-order chi connectivity index (χ1) is 6.70. The molecule has 1 heterocycles. The summed E-state index contributed by atoms with van der Waals surface area (Å²) in [7, 11) is 1.76. The zero-order valence-electron chi connectivity index (χ0n) is 9.70. The normalized spacial score (nSPS) is 30.9. The summed E-state index contributed by atoms with van der Waals surface area (Å²) in [5.74, 6) is 0.755. The van der Waals surface area contributed by atoms with Gasteiger partial charge < -0.3 is 10.5 Å². The van der Waals surface area contributed by atoms with Gasteiger partial charge in [0.05, 0.1) is 0 Å². The Morgan fingerprint density at radius 2 is 2.29 bits per heavy atom. The second-order valence-electron chi connectivity index (χ2n) is 4.44. The Kier molecular flexibility index (Phi) is 4.85. The summed E-state index contributed by atoms with van der Waals surface area (Å²) in [6, 6.07) is 1.19. The van der Waals surface area contributed by atoms with Crippen LogP contribution in [-0.4, -0.2) is 43.8 Å². The van der Waals surface area contributed by atoms with Crippen molar-refractivity contribution in [2.45, 2.75) is 38.8 Å². The summed E-state index contributed by atoms with van der Waals surface area (Å²) in [4.78, 5) is 2.55. The number of nitrogens with zero attached hydrogens (tertiary/aromatic N) is 1. The molecule has 1 fully saturated rings. The van der Waals surface area contributed by atoms with Gasteiger partial charge in [-0.05, 0) is 32.2 Å². The molecular formula is C11H24N2O. The highest BCUT2D eigenvalue weighted by atomic mass is 16.5. The van der Waals surface area contributed by atoms with Crippen molar-refractivity contribution >= 4 is 0 Å². The Balaban J connectivity index is 2.42. The molecule has 0 aliphatic carbocycles. The molecule has 1 saturated heterocycles. The lowest BCUT2D eigenvalue weighted by Crippen LogP contribution is -2.43. The second-order valence-corrected chi connectivity index (χ2v) is 4.44. The van der Waals surface area contributed by atoms with Gasteiger partial charge in [0.25, 0.3) is 0 Å². The minimum Gasteiger partial charge on any atom is -0.385 e. The maximum absolute atomic E-state index is 5.81. The molecule has 3 nitrogen and oxygen atoms in total. The third-order valence-electron chi connectivity index (χ3n) is 3.47. The average Bonchev–Trinajstić information content (AvgIpc) is 2.55. The third kappa shape index (κ3) is 2.69. The number of rotatable bonds is 5. The predicted molar refractivity (Wildman–Crippen MR) is 59.3 cm³/mol. The fraction of sp³-hybridized carbons (Fsp3) is 1.00. The Hall–Kier alpha value is -0.120. The van der Waals surface area contributed by atoms with Crippen molar-refractivity contribution in [3.63, 3.8) is 0 Å². The molecule has 0 bridgehead atoms. The largest absolute Gasteiger partial charge is 0.385 e. The van der Waals surface area contributed by atoms with Crippen molar-refractivity contribution in [2.75, 3.05) is 26.8 Å². The number of nitrogens with two attached hydrogens (primary N) is 1. The molecule has 0 amide bonds. The van der Waals surface area contributed by atoms with Crippen molar-refractivity contribution in [1.29, 1.82) is 0 Å². The van der Waals surface area contributed by atoms with Gasteiger partial charge in [-0.25, -0.2) is 0 Å². The van der Waals surface area contributed by atoms with Crippen LogP contribution >= 0.6 is 0 Å². The molecule has 3 atom stereocenters. The van der Waals surface area contributed by atoms with Crippen LogP contribution in [0.2, 0.25) is 0 Å². The number of ether oxygens (including phenoxy) is 1. The quantitative estimate of drug-likeness (QED) is 0.722. The monoisotopic (exact) mass is 200 g/mol. The molecule has 0 aromatic carbocycles. The van der Waals surface area contributed by atoms with Crippen LogP contribution in [0.4, 0.5) is 0 Å². The number of methoxy groups -OCH3 is 1. The number of hydrogen-bond donors (Lipinski definition) is 1. The van der Waals surface area contributed by atoms with Crippen LogP contribution in [0.3, 0.4) is 0 Å². The highest BCUT2D eigenvalue weighted by molar-refractivity contribution is 4.88. The van der Waals surface area contributed by atoms with Gasteiger partial charge in [0.1, 0.15) is 0 Å². The van der Waals surface area contributed by atoms with Crippen molar-refractivity contribution < 1.29 is 4.74 Å². The summed E-state index contributed by atoms with van der Waals surface area (Å²) >= 11 is 0. The van der Waals surface area contributed by atoms with E-state index in [0.717, 1.165) is 25.5 Å². The molecule has 3 unspecified atom stereocenters. The first kappa shape index (κ1) is 12.0. The molecule has 0 saturated carbocycles. The number of likely N-dealkylation sites (tertiary alicyclic amines) is 1. The molecular weight excluding hydrogens is 176 g/mol. The van der Waals surface area contributed by atoms with Gasteiger partial charge in [-0.1, -0.05) is 6.92 Å². The molecule has 0 radical (unpaired) electrons. The summed E-state index contributed by atoms with van der Waals surface area (Å²) in [6.07, 6.45) is 2.40. The van der Waals surface area contributed by atoms with Gasteiger partial charge >= 0.3 is 0 Å². The van der Waals surface area contributed by atoms with E-state index in [2.05, 4.69) is 18.7 Å². The lowest BCUT2D eigenvalue weighted by atomic mass is 10.0. The maximum Gasteiger partial charge on any atom is 0.0477 e. The first-order valence-corrected chi connectivity index (χ1v) is 5.65. The van der Waals surface area contributed by atoms with E-state index in [1.54, 1.807) is 7.11 Å². The summed E-state index contributed by atoms with van der Waals surface area (Å²) in [5.41, 5.74) is 5.81. The Morgan fingerprint density at radius 3 is 2.86 bits per heavy atom. The fourth-order valence-electron chi connectivity index (χ4n) is 2.41. The van der Waals surface area contributed by atoms with Gasteiger partial charge in [0, 0.05) is 32.3 Å². The highest BCUT2D eigenvalue weighted by Crippen LogP contribution is 2.25. The van der Waals surface area contributed by atoms with Crippen molar-refractivity contribution in [1.82, 2.24) is 4.90 Å². The standard InChI is InChI=1S/C11H24N2O/c1-9-4-6-13(11(9)8-12)10(2)5-7-14-3/h9-11H,4-8,12H2,1-3H3. The number of hydrogen-bond acceptors (Lipinski definition) is 3. The lowest BCUT2D eigenvalue weighted by Gasteiger charge is -2.31. The average molecular weight is 200 g/mol. The lowest BCUT2D eigenvalue weighted by molar-refractivity contribution is 0.125. The molecule has 84 valence electrons. The first-order valence-electron chi connectivity index (χ1n) is 5.65. The van der Waals surface area contributed by atoms with E-state index in [0.29, 0.717) is 12.1 Å². The van der Waals surface area contributed by atoms with Crippen LogP contribution in [0.5, 0.6) is 0 Å². The fourth-order valence-corrected chi connectivity index (χ4v) is 2.41. The molecule has 3 heteroatoms. The van der Waals surface area contributed by atoms with Gasteiger partial charge in [-0.3, -0.25) is 4.90 Å². The van der Waals surface area contributed by atoms with Crippen LogP contribution in [0.1, 0.15) is 26.7 Å². The van der Waals surface area contributed by atoms with Crippen LogP contribution < -0.4 is 5.73 Å². The zero-order chi connectivity index (χ0) is 10.6. The molecule has 14 heavy (non-hydrogen) atoms. The van der Waals surface area contributed by atoms with Crippen LogP contribution in [0.25, 0.3) is 0 Å². The van der Waals surface area contributed by atoms with E-state index < -0.39 is 0 Å². The van der Waals surface area contributed by atoms with E-state index in [4.69, 9.17) is 10.5 Å². The van der Waals surface area contributed by atoms with Gasteiger partial charge in [0.2, 0.25) is 0 Å². The van der Waals surface area contributed by atoms with Gasteiger partial charge in [-0.2, -0.15) is 0 Å². The van der Waals surface area contributed by atoms with Crippen molar-refractivity contribution in [2.24, 2.45) is 11.7 Å². The minimum absolute atomic E-state index is 0.585. The smallest absolute Gasteiger partial charge is 0.0477 e. The molecule has 0 aromatic heterocycles. The van der Waals surface area contributed by atoms with Crippen molar-refractivity contribution in [3.05, 3.63) is 0 Å². The Morgan fingerprint density at radius 1 is 1.57 bits per heavy atom. The third-order valence-corrected chi connectivity index (χ3v) is 3.47. The SMILES string of the molecule is COCCC(C)N1CCC(C)C1CN. The molecule has 1 aliphatic heterocycles. The highest BCUT2D eigenvalue weighted by Gasteiger charge is 2.32. The summed E-state index contributed by atoms with van der Waals surface area (Å²) in [5, 5.41) is 0. The molecule has 0 aromatic rings. The molecule has 1 aliphatic rings. The van der Waals surface area contributed by atoms with E-state index in [-0.39, 0.29) is 0 Å². The van der Waals surface area contributed by atoms with Crippen LogP contribution in [-0.2, 0) is 4.74 Å². The van der Waals surface area contributed by atoms with Crippen LogP contribution in [0, 0.1) is 5.92 Å². The predicted octanol–water partition coefficient (Wildman–Crippen LogP) is 1.08. The zero-order valence-corrected chi connectivity index (χ0v) is 9.70. The van der Waals surface area contributed by atoms with Gasteiger partial charge in [-0.15, -0.1) is 0 Å². The Bertz CT molecular complexity index is 163. The molecule has 0 spiro atoms. The summed E-state index contributed by atoms with van der Waals surface area (Å²) in [6.45, 7) is 7.43. The van der Waals surface area contributed by atoms with E-state index >= 15 is 0 Å².